The van der Waals surface area contributed by atoms with Gasteiger partial charge in [0.2, 0.25) is 0 Å². The second-order valence-corrected chi connectivity index (χ2v) is 8.68. The highest BCUT2D eigenvalue weighted by molar-refractivity contribution is 6.13. The Morgan fingerprint density at radius 3 is 2.34 bits per heavy atom. The van der Waals surface area contributed by atoms with Gasteiger partial charge in [-0.25, -0.2) is 4.79 Å². The first kappa shape index (κ1) is 25.2. The van der Waals surface area contributed by atoms with E-state index in [4.69, 9.17) is 4.74 Å². The second-order valence-electron chi connectivity index (χ2n) is 8.68. The zero-order valence-corrected chi connectivity index (χ0v) is 20.2. The number of aromatic nitrogens is 1. The van der Waals surface area contributed by atoms with Crippen LogP contribution in [0.25, 0.3) is 0 Å². The van der Waals surface area contributed by atoms with Crippen molar-refractivity contribution in [1.82, 2.24) is 9.88 Å². The summed E-state index contributed by atoms with van der Waals surface area (Å²) < 4.78 is 5.41. The molecule has 1 atom stereocenters. The van der Waals surface area contributed by atoms with Crippen molar-refractivity contribution in [2.24, 2.45) is 0 Å². The highest BCUT2D eigenvalue weighted by Crippen LogP contribution is 2.26. The number of anilines is 1. The Hall–Kier alpha value is -3.09. The Bertz CT molecular complexity index is 955. The summed E-state index contributed by atoms with van der Waals surface area (Å²) in [7, 11) is 1.69. The molecule has 1 aromatic heterocycles. The van der Waals surface area contributed by atoms with Crippen LogP contribution < -0.4 is 5.32 Å². The zero-order valence-electron chi connectivity index (χ0n) is 20.2. The van der Waals surface area contributed by atoms with Gasteiger partial charge in [-0.05, 0) is 58.2 Å². The number of ether oxygens (including phenoxy) is 1. The topological polar surface area (TPSA) is 91.5 Å². The molecule has 0 bridgehead atoms. The average molecular weight is 442 g/mol. The minimum atomic E-state index is -0.558. The fourth-order valence-corrected chi connectivity index (χ4v) is 3.47. The maximum Gasteiger partial charge on any atom is 0.410 e. The molecule has 0 saturated heterocycles. The molecule has 3 rings (SSSR count). The van der Waals surface area contributed by atoms with E-state index in [1.165, 1.54) is 4.90 Å². The number of hydrogen-bond acceptors (Lipinski definition) is 4. The number of aromatic amines is 1. The Morgan fingerprint density at radius 1 is 1.12 bits per heavy atom. The molecule has 2 aromatic rings. The van der Waals surface area contributed by atoms with E-state index >= 15 is 0 Å². The average Bonchev–Trinajstić information content (AvgIpc) is 3.19. The summed E-state index contributed by atoms with van der Waals surface area (Å²) in [4.78, 5) is 41.8. The number of ketones is 1. The normalized spacial score (nSPS) is 13.9. The Morgan fingerprint density at radius 2 is 1.75 bits per heavy atom. The third kappa shape index (κ3) is 5.99. The molecule has 0 radical (unpaired) electrons. The summed E-state index contributed by atoms with van der Waals surface area (Å²) in [6.45, 7) is 11.4. The number of nitrogens with one attached hydrogen (secondary N) is 2. The van der Waals surface area contributed by atoms with Gasteiger partial charge in [-0.1, -0.05) is 26.0 Å². The van der Waals surface area contributed by atoms with E-state index in [-0.39, 0.29) is 17.7 Å². The van der Waals surface area contributed by atoms with Gasteiger partial charge in [-0.3, -0.25) is 9.59 Å². The molecule has 1 heterocycles. The van der Waals surface area contributed by atoms with Gasteiger partial charge in [0.15, 0.2) is 5.78 Å². The van der Waals surface area contributed by atoms with E-state index < -0.39 is 11.7 Å². The maximum atomic E-state index is 12.7. The summed E-state index contributed by atoms with van der Waals surface area (Å²) in [5, 5.41) is 2.85. The third-order valence-electron chi connectivity index (χ3n) is 5.23. The Kier molecular flexibility index (Phi) is 8.25. The van der Waals surface area contributed by atoms with Gasteiger partial charge in [0.05, 0.1) is 17.2 Å². The van der Waals surface area contributed by atoms with Crippen molar-refractivity contribution >= 4 is 23.5 Å². The second kappa shape index (κ2) is 10.5. The van der Waals surface area contributed by atoms with Gasteiger partial charge in [-0.2, -0.15) is 0 Å². The van der Waals surface area contributed by atoms with Crippen LogP contribution in [0.1, 0.15) is 92.4 Å². The van der Waals surface area contributed by atoms with Crippen LogP contribution in [0.15, 0.2) is 30.5 Å². The lowest BCUT2D eigenvalue weighted by Gasteiger charge is -2.29. The largest absolute Gasteiger partial charge is 0.444 e. The number of aryl methyl sites for hydroxylation is 1. The number of Topliss-reactive ketones (excluding diaryl/α,β-unsaturated/α-hetero) is 1. The van der Waals surface area contributed by atoms with E-state index in [0.29, 0.717) is 23.2 Å². The van der Waals surface area contributed by atoms with Crippen molar-refractivity contribution in [3.8, 4) is 0 Å². The Balaban J connectivity index is 0.00000176. The molecule has 2 N–H and O–H groups in total. The van der Waals surface area contributed by atoms with Gasteiger partial charge in [-0.15, -0.1) is 0 Å². The lowest BCUT2D eigenvalue weighted by Crippen LogP contribution is -2.35. The summed E-state index contributed by atoms with van der Waals surface area (Å²) in [6.07, 6.45) is 3.28. The fraction of sp³-hybridized carbons (Fsp3) is 0.480. The molecule has 174 valence electrons. The van der Waals surface area contributed by atoms with E-state index in [9.17, 15) is 14.4 Å². The van der Waals surface area contributed by atoms with Crippen molar-refractivity contribution < 1.29 is 19.1 Å². The number of carbonyl (C=O) groups excluding carboxylic acids is 3. The van der Waals surface area contributed by atoms with Crippen LogP contribution in [0.5, 0.6) is 0 Å². The number of fused-ring (bicyclic) bond motifs is 1. The van der Waals surface area contributed by atoms with E-state index in [2.05, 4.69) is 10.3 Å². The van der Waals surface area contributed by atoms with E-state index in [1.54, 1.807) is 25.4 Å². The van der Waals surface area contributed by atoms with Crippen molar-refractivity contribution in [1.29, 1.82) is 0 Å². The summed E-state index contributed by atoms with van der Waals surface area (Å²) >= 11 is 0. The number of benzene rings is 1. The van der Waals surface area contributed by atoms with E-state index in [0.717, 1.165) is 24.1 Å². The molecule has 0 fully saturated rings. The summed E-state index contributed by atoms with van der Waals surface area (Å²) in [6, 6.07) is 7.10. The van der Waals surface area contributed by atoms with Crippen LogP contribution in [0.3, 0.4) is 0 Å². The standard InChI is InChI=1S/C23H29N3O4.C2H6/c1-14(26(5)22(29)30-23(2,3)4)15-9-11-16(12-10-15)25-21(28)17-13-24-18-7-6-8-19(27)20(17)18;1-2/h9-14,24H,6-8H2,1-5H3,(H,25,28);1-2H3. The number of amides is 2. The first-order valence-electron chi connectivity index (χ1n) is 11.2. The SMILES string of the molecule is CC.CC(c1ccc(NC(=O)c2c[nH]c3c2C(=O)CCC3)cc1)N(C)C(=O)OC(C)(C)C. The molecule has 32 heavy (non-hydrogen) atoms. The molecule has 1 aromatic carbocycles. The molecule has 0 spiro atoms. The first-order valence-corrected chi connectivity index (χ1v) is 11.2. The predicted octanol–water partition coefficient (Wildman–Crippen LogP) is 5.74. The molecular weight excluding hydrogens is 406 g/mol. The van der Waals surface area contributed by atoms with Crippen LogP contribution in [-0.2, 0) is 11.2 Å². The van der Waals surface area contributed by atoms with Crippen molar-refractivity contribution in [3.63, 3.8) is 0 Å². The van der Waals surface area contributed by atoms with Crippen LogP contribution in [0, 0.1) is 0 Å². The number of rotatable bonds is 4. The van der Waals surface area contributed by atoms with Crippen molar-refractivity contribution in [3.05, 3.63) is 52.8 Å². The molecule has 7 nitrogen and oxygen atoms in total. The lowest BCUT2D eigenvalue weighted by atomic mass is 9.93. The van der Waals surface area contributed by atoms with Gasteiger partial charge in [0, 0.05) is 31.0 Å². The summed E-state index contributed by atoms with van der Waals surface area (Å²) in [5.41, 5.74) is 2.72. The maximum absolute atomic E-state index is 12.7. The molecule has 1 unspecified atom stereocenters. The van der Waals surface area contributed by atoms with Crippen LogP contribution in [-0.4, -0.2) is 40.3 Å². The monoisotopic (exact) mass is 441 g/mol. The molecular formula is C25H35N3O4. The fourth-order valence-electron chi connectivity index (χ4n) is 3.47. The van der Waals surface area contributed by atoms with E-state index in [1.807, 2.05) is 53.7 Å². The van der Waals surface area contributed by atoms with Gasteiger partial charge in [0.1, 0.15) is 5.60 Å². The molecule has 2 amide bonds. The van der Waals surface area contributed by atoms with Gasteiger partial charge in [0.25, 0.3) is 5.91 Å². The van der Waals surface area contributed by atoms with Gasteiger partial charge < -0.3 is 19.9 Å². The number of hydrogen-bond donors (Lipinski definition) is 2. The summed E-state index contributed by atoms with van der Waals surface area (Å²) in [5.74, 6) is -0.300. The van der Waals surface area contributed by atoms with Crippen LogP contribution >= 0.6 is 0 Å². The minimum Gasteiger partial charge on any atom is -0.444 e. The predicted molar refractivity (Wildman–Crippen MR) is 126 cm³/mol. The molecule has 1 aliphatic carbocycles. The molecule has 0 saturated carbocycles. The molecule has 7 heteroatoms. The number of nitrogens with zero attached hydrogens (tertiary/aromatic N) is 1. The highest BCUT2D eigenvalue weighted by Gasteiger charge is 2.26. The number of H-pyrrole nitrogens is 1. The first-order chi connectivity index (χ1) is 15.1. The van der Waals surface area contributed by atoms with Crippen LogP contribution in [0.4, 0.5) is 10.5 Å². The van der Waals surface area contributed by atoms with Crippen molar-refractivity contribution in [2.45, 2.75) is 72.4 Å². The molecule has 0 aliphatic heterocycles. The quantitative estimate of drug-likeness (QED) is 0.633. The highest BCUT2D eigenvalue weighted by atomic mass is 16.6. The smallest absolute Gasteiger partial charge is 0.410 e. The molecule has 1 aliphatic rings. The lowest BCUT2D eigenvalue weighted by molar-refractivity contribution is 0.0233. The number of carbonyl (C=O) groups is 3. The van der Waals surface area contributed by atoms with Crippen LogP contribution in [0.2, 0.25) is 0 Å². The third-order valence-corrected chi connectivity index (χ3v) is 5.23. The van der Waals surface area contributed by atoms with Crippen molar-refractivity contribution in [2.75, 3.05) is 12.4 Å². The minimum absolute atomic E-state index is 0.0111. The van der Waals surface area contributed by atoms with Gasteiger partial charge >= 0.3 is 6.09 Å². The zero-order chi connectivity index (χ0) is 24.1. The Labute approximate surface area is 190 Å².